The summed E-state index contributed by atoms with van der Waals surface area (Å²) in [5.41, 5.74) is 1.10. The van der Waals surface area contributed by atoms with Crippen molar-refractivity contribution in [1.29, 1.82) is 0 Å². The first-order chi connectivity index (χ1) is 14.5. The smallest absolute Gasteiger partial charge is 0.339 e. The number of para-hydroxylation sites is 1. The highest BCUT2D eigenvalue weighted by Crippen LogP contribution is 2.29. The zero-order valence-electron chi connectivity index (χ0n) is 16.4. The molecule has 156 valence electrons. The predicted octanol–water partition coefficient (Wildman–Crippen LogP) is 5.93. The van der Waals surface area contributed by atoms with Gasteiger partial charge < -0.3 is 14.2 Å². The summed E-state index contributed by atoms with van der Waals surface area (Å²) in [6.07, 6.45) is -0.807. The molecule has 0 aliphatic carbocycles. The van der Waals surface area contributed by atoms with Crippen LogP contribution in [0.5, 0.6) is 5.75 Å². The Bertz CT molecular complexity index is 935. The van der Waals surface area contributed by atoms with Gasteiger partial charge in [0.1, 0.15) is 12.4 Å². The lowest BCUT2D eigenvalue weighted by Crippen LogP contribution is -2.12. The summed E-state index contributed by atoms with van der Waals surface area (Å²) in [4.78, 5) is 12.6. The Hall–Kier alpha value is -2.27. The van der Waals surface area contributed by atoms with Gasteiger partial charge in [0, 0.05) is 10.0 Å². The molecule has 0 N–H and O–H groups in total. The van der Waals surface area contributed by atoms with E-state index < -0.39 is 12.1 Å². The van der Waals surface area contributed by atoms with Gasteiger partial charge >= 0.3 is 5.97 Å². The van der Waals surface area contributed by atoms with Crippen molar-refractivity contribution in [2.75, 3.05) is 19.0 Å². The summed E-state index contributed by atoms with van der Waals surface area (Å²) in [5, 5.41) is 0. The molecule has 0 fully saturated rings. The third-order valence-corrected chi connectivity index (χ3v) is 4.92. The minimum absolute atomic E-state index is 0.280. The molecule has 0 aromatic heterocycles. The van der Waals surface area contributed by atoms with Gasteiger partial charge in [-0.3, -0.25) is 0 Å². The maximum absolute atomic E-state index is 12.6. The van der Waals surface area contributed by atoms with Gasteiger partial charge in [-0.25, -0.2) is 4.79 Å². The van der Waals surface area contributed by atoms with Gasteiger partial charge in [-0.15, -0.1) is 0 Å². The van der Waals surface area contributed by atoms with Crippen LogP contribution in [0.15, 0.2) is 65.7 Å². The van der Waals surface area contributed by atoms with Crippen LogP contribution >= 0.6 is 39.9 Å². The summed E-state index contributed by atoms with van der Waals surface area (Å²) in [5.74, 6) is 6.54. The van der Waals surface area contributed by atoms with Crippen LogP contribution in [0.4, 0.5) is 0 Å². The summed E-state index contributed by atoms with van der Waals surface area (Å²) < 4.78 is 17.9. The summed E-state index contributed by atoms with van der Waals surface area (Å²) in [7, 11) is 0. The largest absolute Gasteiger partial charge is 0.488 e. The SMILES string of the molecule is C=C(Br)COc1ccccc1C(C#CCSC(=S)OCC)OC(=O)c1ccccc1. The second-order valence-corrected chi connectivity index (χ2v) is 8.49. The Morgan fingerprint density at radius 3 is 2.60 bits per heavy atom. The number of esters is 1. The highest BCUT2D eigenvalue weighted by atomic mass is 79.9. The number of carbonyl (C=O) groups is 1. The Morgan fingerprint density at radius 2 is 1.90 bits per heavy atom. The number of halogens is 1. The number of ether oxygens (including phenoxy) is 3. The molecule has 0 amide bonds. The molecule has 0 radical (unpaired) electrons. The molecule has 0 aliphatic heterocycles. The van der Waals surface area contributed by atoms with Crippen molar-refractivity contribution in [3.63, 3.8) is 0 Å². The molecule has 4 nitrogen and oxygen atoms in total. The first kappa shape index (κ1) is 24.0. The van der Waals surface area contributed by atoms with Gasteiger partial charge in [0.25, 0.3) is 0 Å². The van der Waals surface area contributed by atoms with Gasteiger partial charge in [-0.2, -0.15) is 0 Å². The second-order valence-electron chi connectivity index (χ2n) is 5.79. The molecule has 7 heteroatoms. The Morgan fingerprint density at radius 1 is 1.20 bits per heavy atom. The Kier molecular flexibility index (Phi) is 10.5. The third kappa shape index (κ3) is 8.23. The maximum atomic E-state index is 12.6. The van der Waals surface area contributed by atoms with Crippen molar-refractivity contribution in [1.82, 2.24) is 0 Å². The molecule has 0 bridgehead atoms. The van der Waals surface area contributed by atoms with E-state index in [1.165, 1.54) is 11.8 Å². The van der Waals surface area contributed by atoms with Gasteiger partial charge in [-0.05, 0) is 37.3 Å². The fourth-order valence-corrected chi connectivity index (χ4v) is 3.18. The molecule has 0 saturated carbocycles. The lowest BCUT2D eigenvalue weighted by Gasteiger charge is -2.17. The van der Waals surface area contributed by atoms with Gasteiger partial charge in [0.05, 0.1) is 17.9 Å². The third-order valence-electron chi connectivity index (χ3n) is 3.58. The van der Waals surface area contributed by atoms with Gasteiger partial charge in [-0.1, -0.05) is 82.5 Å². The Balaban J connectivity index is 2.24. The van der Waals surface area contributed by atoms with Crippen LogP contribution in [0.25, 0.3) is 0 Å². The molecule has 2 rings (SSSR count). The quantitative estimate of drug-likeness (QED) is 0.252. The number of thioether (sulfide) groups is 1. The fourth-order valence-electron chi connectivity index (χ4n) is 2.29. The Labute approximate surface area is 195 Å². The molecule has 1 atom stereocenters. The number of benzene rings is 2. The minimum atomic E-state index is -0.807. The topological polar surface area (TPSA) is 44.8 Å². The van der Waals surface area contributed by atoms with Crippen molar-refractivity contribution in [3.8, 4) is 17.6 Å². The molecule has 0 aliphatic rings. The highest BCUT2D eigenvalue weighted by molar-refractivity contribution is 9.11. The first-order valence-corrected chi connectivity index (χ1v) is 11.3. The van der Waals surface area contributed by atoms with Crippen LogP contribution < -0.4 is 4.74 Å². The van der Waals surface area contributed by atoms with Crippen LogP contribution in [-0.2, 0) is 9.47 Å². The first-order valence-electron chi connectivity index (χ1n) is 9.10. The highest BCUT2D eigenvalue weighted by Gasteiger charge is 2.20. The van der Waals surface area contributed by atoms with Crippen molar-refractivity contribution in [3.05, 3.63) is 76.8 Å². The molecular formula is C23H21BrO4S2. The monoisotopic (exact) mass is 504 g/mol. The van der Waals surface area contributed by atoms with E-state index in [1.807, 2.05) is 31.2 Å². The number of thiocarbonyl (C=S) groups is 1. The van der Waals surface area contributed by atoms with Gasteiger partial charge in [0.2, 0.25) is 4.38 Å². The molecule has 1 unspecified atom stereocenters. The van der Waals surface area contributed by atoms with Crippen molar-refractivity contribution >= 4 is 50.3 Å². The minimum Gasteiger partial charge on any atom is -0.488 e. The molecule has 2 aromatic rings. The van der Waals surface area contributed by atoms with Crippen LogP contribution in [-0.4, -0.2) is 29.3 Å². The number of rotatable bonds is 8. The number of carbonyl (C=O) groups excluding carboxylic acids is 1. The fraction of sp³-hybridized carbons (Fsp3) is 0.217. The number of hydrogen-bond donors (Lipinski definition) is 0. The average Bonchev–Trinajstić information content (AvgIpc) is 2.75. The van der Waals surface area contributed by atoms with E-state index in [0.29, 0.717) is 38.1 Å². The van der Waals surface area contributed by atoms with Crippen molar-refractivity contribution in [2.24, 2.45) is 0 Å². The van der Waals surface area contributed by atoms with E-state index in [4.69, 9.17) is 26.4 Å². The summed E-state index contributed by atoms with van der Waals surface area (Å²) in [6, 6.07) is 16.1. The van der Waals surface area contributed by atoms with Crippen LogP contribution in [0.3, 0.4) is 0 Å². The van der Waals surface area contributed by atoms with Crippen LogP contribution in [0.1, 0.15) is 28.9 Å². The maximum Gasteiger partial charge on any atom is 0.339 e. The van der Waals surface area contributed by atoms with Crippen molar-refractivity contribution in [2.45, 2.75) is 13.0 Å². The molecule has 30 heavy (non-hydrogen) atoms. The molecule has 0 saturated heterocycles. The zero-order chi connectivity index (χ0) is 21.8. The second kappa shape index (κ2) is 13.1. The molecule has 2 aromatic carbocycles. The standard InChI is InChI=1S/C23H21BrO4S2/c1-3-26-23(29)30-15-9-14-21(28-22(25)18-10-5-4-6-11-18)19-12-7-8-13-20(19)27-16-17(2)24/h4-8,10-13,21H,2-3,15-16H2,1H3. The number of hydrogen-bond acceptors (Lipinski definition) is 6. The van der Waals surface area contributed by atoms with Gasteiger partial charge in [0.15, 0.2) is 6.10 Å². The normalized spacial score (nSPS) is 10.9. The van der Waals surface area contributed by atoms with Crippen LogP contribution in [0, 0.1) is 11.8 Å². The lowest BCUT2D eigenvalue weighted by atomic mass is 10.1. The molecule has 0 spiro atoms. The average molecular weight is 505 g/mol. The van der Waals surface area contributed by atoms with Crippen molar-refractivity contribution < 1.29 is 19.0 Å². The molecule has 0 heterocycles. The van der Waals surface area contributed by atoms with E-state index in [1.54, 1.807) is 30.3 Å². The van der Waals surface area contributed by atoms with E-state index in [2.05, 4.69) is 34.3 Å². The van der Waals surface area contributed by atoms with E-state index in [9.17, 15) is 4.79 Å². The predicted molar refractivity (Wildman–Crippen MR) is 129 cm³/mol. The van der Waals surface area contributed by atoms with E-state index in [0.717, 1.165) is 0 Å². The lowest BCUT2D eigenvalue weighted by molar-refractivity contribution is 0.0404. The van der Waals surface area contributed by atoms with Crippen LogP contribution in [0.2, 0.25) is 0 Å². The summed E-state index contributed by atoms with van der Waals surface area (Å²) >= 11 is 9.69. The van der Waals surface area contributed by atoms with E-state index >= 15 is 0 Å². The summed E-state index contributed by atoms with van der Waals surface area (Å²) in [6.45, 7) is 6.44. The molecular weight excluding hydrogens is 484 g/mol. The van der Waals surface area contributed by atoms with E-state index in [-0.39, 0.29) is 6.61 Å². The zero-order valence-corrected chi connectivity index (χ0v) is 19.6.